The molecule has 2 N–H and O–H groups in total. The van der Waals surface area contributed by atoms with E-state index >= 15 is 0 Å². The van der Waals surface area contributed by atoms with Crippen LogP contribution in [0.15, 0.2) is 0 Å². The summed E-state index contributed by atoms with van der Waals surface area (Å²) in [5.41, 5.74) is 5.82. The first-order valence-corrected chi connectivity index (χ1v) is 7.00. The molecule has 0 bridgehead atoms. The van der Waals surface area contributed by atoms with Crippen molar-refractivity contribution in [3.8, 4) is 0 Å². The molecule has 6 heteroatoms. The highest BCUT2D eigenvalue weighted by atomic mass is 35.5. The van der Waals surface area contributed by atoms with Crippen LogP contribution >= 0.6 is 24.8 Å². The van der Waals surface area contributed by atoms with Crippen LogP contribution in [0.3, 0.4) is 0 Å². The van der Waals surface area contributed by atoms with Gasteiger partial charge in [-0.05, 0) is 38.8 Å². The quantitative estimate of drug-likeness (QED) is 0.862. The van der Waals surface area contributed by atoms with E-state index in [9.17, 15) is 4.79 Å². The number of nitrogens with zero attached hydrogens (tertiary/aromatic N) is 2. The van der Waals surface area contributed by atoms with E-state index in [2.05, 4.69) is 4.90 Å². The van der Waals surface area contributed by atoms with Crippen molar-refractivity contribution in [2.75, 3.05) is 26.2 Å². The third kappa shape index (κ3) is 4.78. The summed E-state index contributed by atoms with van der Waals surface area (Å²) in [6.07, 6.45) is 5.87. The lowest BCUT2D eigenvalue weighted by atomic mass is 10.1. The van der Waals surface area contributed by atoms with Crippen LogP contribution in [0.1, 0.15) is 39.0 Å². The molecule has 0 aromatic rings. The molecule has 1 unspecified atom stereocenters. The molecular formula is C13H27Cl2N3O. The van der Waals surface area contributed by atoms with Gasteiger partial charge in [0.05, 0.1) is 6.04 Å². The lowest BCUT2D eigenvalue weighted by molar-refractivity contribution is -0.131. The van der Waals surface area contributed by atoms with E-state index in [1.807, 2.05) is 11.8 Å². The second-order valence-electron chi connectivity index (χ2n) is 5.34. The first-order chi connectivity index (χ1) is 8.22. The summed E-state index contributed by atoms with van der Waals surface area (Å²) < 4.78 is 0. The van der Waals surface area contributed by atoms with Gasteiger partial charge in [0, 0.05) is 19.1 Å². The molecule has 2 fully saturated rings. The van der Waals surface area contributed by atoms with Crippen molar-refractivity contribution in [1.82, 2.24) is 9.80 Å². The number of likely N-dealkylation sites (tertiary alicyclic amines) is 2. The molecule has 19 heavy (non-hydrogen) atoms. The summed E-state index contributed by atoms with van der Waals surface area (Å²) in [7, 11) is 0. The van der Waals surface area contributed by atoms with Crippen molar-refractivity contribution in [1.29, 1.82) is 0 Å². The topological polar surface area (TPSA) is 49.6 Å². The number of piperidine rings is 1. The number of halogens is 2. The van der Waals surface area contributed by atoms with E-state index in [4.69, 9.17) is 5.73 Å². The van der Waals surface area contributed by atoms with E-state index in [0.29, 0.717) is 6.04 Å². The van der Waals surface area contributed by atoms with Gasteiger partial charge in [-0.3, -0.25) is 9.69 Å². The fraction of sp³-hybridized carbons (Fsp3) is 0.923. The zero-order valence-electron chi connectivity index (χ0n) is 11.7. The largest absolute Gasteiger partial charge is 0.340 e. The molecule has 0 aromatic heterocycles. The predicted octanol–water partition coefficient (Wildman–Crippen LogP) is 1.65. The highest BCUT2D eigenvalue weighted by molar-refractivity contribution is 5.85. The molecule has 2 atom stereocenters. The molecule has 2 aliphatic rings. The van der Waals surface area contributed by atoms with Gasteiger partial charge < -0.3 is 10.6 Å². The van der Waals surface area contributed by atoms with Crippen LogP contribution in [0.25, 0.3) is 0 Å². The Morgan fingerprint density at radius 2 is 1.84 bits per heavy atom. The van der Waals surface area contributed by atoms with Crippen molar-refractivity contribution in [2.45, 2.75) is 51.1 Å². The Bertz CT molecular complexity index is 273. The molecular weight excluding hydrogens is 285 g/mol. The molecule has 0 spiro atoms. The lowest BCUT2D eigenvalue weighted by Crippen LogP contribution is -2.45. The van der Waals surface area contributed by atoms with Crippen LogP contribution in [-0.2, 0) is 4.79 Å². The fourth-order valence-electron chi connectivity index (χ4n) is 2.93. The van der Waals surface area contributed by atoms with Crippen molar-refractivity contribution >= 4 is 30.7 Å². The monoisotopic (exact) mass is 311 g/mol. The van der Waals surface area contributed by atoms with E-state index in [1.54, 1.807) is 0 Å². The minimum atomic E-state index is -0.296. The first-order valence-electron chi connectivity index (χ1n) is 7.00. The number of hydrogen-bond acceptors (Lipinski definition) is 3. The molecule has 2 saturated heterocycles. The van der Waals surface area contributed by atoms with E-state index < -0.39 is 0 Å². The van der Waals surface area contributed by atoms with E-state index in [1.165, 1.54) is 32.4 Å². The maximum absolute atomic E-state index is 12.0. The third-order valence-electron chi connectivity index (χ3n) is 4.14. The van der Waals surface area contributed by atoms with Gasteiger partial charge in [0.2, 0.25) is 5.91 Å². The van der Waals surface area contributed by atoms with Crippen LogP contribution in [-0.4, -0.2) is 54.0 Å². The third-order valence-corrected chi connectivity index (χ3v) is 4.14. The van der Waals surface area contributed by atoms with Crippen LogP contribution in [0.2, 0.25) is 0 Å². The summed E-state index contributed by atoms with van der Waals surface area (Å²) in [6.45, 7) is 6.19. The summed E-state index contributed by atoms with van der Waals surface area (Å²) in [5.74, 6) is 0.145. The Hall–Kier alpha value is -0.0300. The SMILES string of the molecule is CC[C@H](N)C(=O)N1CCC(N2CCCCC2)C1.Cl.Cl. The maximum atomic E-state index is 12.0. The number of hydrogen-bond donors (Lipinski definition) is 1. The average molecular weight is 312 g/mol. The van der Waals surface area contributed by atoms with Gasteiger partial charge in [0.25, 0.3) is 0 Å². The van der Waals surface area contributed by atoms with Crippen LogP contribution in [0.5, 0.6) is 0 Å². The number of carbonyl (C=O) groups is 1. The zero-order valence-corrected chi connectivity index (χ0v) is 13.3. The van der Waals surface area contributed by atoms with Crippen LogP contribution < -0.4 is 5.73 Å². The smallest absolute Gasteiger partial charge is 0.239 e. The molecule has 2 aliphatic heterocycles. The highest BCUT2D eigenvalue weighted by Crippen LogP contribution is 2.20. The van der Waals surface area contributed by atoms with Gasteiger partial charge in [-0.1, -0.05) is 13.3 Å². The Kier molecular flexibility index (Phi) is 8.99. The average Bonchev–Trinajstić information content (AvgIpc) is 2.87. The molecule has 4 nitrogen and oxygen atoms in total. The number of carbonyl (C=O) groups excluding carboxylic acids is 1. The Morgan fingerprint density at radius 3 is 2.42 bits per heavy atom. The number of nitrogens with two attached hydrogens (primary N) is 1. The van der Waals surface area contributed by atoms with Gasteiger partial charge in [0.15, 0.2) is 0 Å². The first kappa shape index (κ1) is 19.0. The standard InChI is InChI=1S/C13H25N3O.2ClH/c1-2-12(14)13(17)16-9-6-11(10-16)15-7-4-3-5-8-15;;/h11-12H,2-10,14H2,1H3;2*1H/t11?,12-;;/m0../s1. The van der Waals surface area contributed by atoms with Crippen LogP contribution in [0.4, 0.5) is 0 Å². The van der Waals surface area contributed by atoms with Gasteiger partial charge >= 0.3 is 0 Å². The maximum Gasteiger partial charge on any atom is 0.239 e. The van der Waals surface area contributed by atoms with Crippen molar-refractivity contribution in [2.24, 2.45) is 5.73 Å². The minimum absolute atomic E-state index is 0. The molecule has 0 saturated carbocycles. The number of rotatable bonds is 3. The molecule has 1 amide bonds. The minimum Gasteiger partial charge on any atom is -0.340 e. The zero-order chi connectivity index (χ0) is 12.3. The molecule has 114 valence electrons. The van der Waals surface area contributed by atoms with Gasteiger partial charge in [-0.25, -0.2) is 0 Å². The van der Waals surface area contributed by atoms with Gasteiger partial charge in [0.1, 0.15) is 0 Å². The molecule has 2 heterocycles. The van der Waals surface area contributed by atoms with Gasteiger partial charge in [-0.15, -0.1) is 24.8 Å². The summed E-state index contributed by atoms with van der Waals surface area (Å²) in [5, 5.41) is 0. The Morgan fingerprint density at radius 1 is 1.21 bits per heavy atom. The molecule has 2 rings (SSSR count). The van der Waals surface area contributed by atoms with E-state index in [-0.39, 0.29) is 36.8 Å². The molecule has 0 aliphatic carbocycles. The van der Waals surface area contributed by atoms with Crippen molar-refractivity contribution in [3.05, 3.63) is 0 Å². The van der Waals surface area contributed by atoms with Crippen molar-refractivity contribution < 1.29 is 4.79 Å². The fourth-order valence-corrected chi connectivity index (χ4v) is 2.93. The number of amides is 1. The van der Waals surface area contributed by atoms with E-state index in [0.717, 1.165) is 25.9 Å². The Labute approximate surface area is 128 Å². The normalized spacial score (nSPS) is 25.4. The molecule has 0 radical (unpaired) electrons. The summed E-state index contributed by atoms with van der Waals surface area (Å²) in [4.78, 5) is 16.5. The summed E-state index contributed by atoms with van der Waals surface area (Å²) in [6, 6.07) is 0.290. The molecule has 0 aromatic carbocycles. The predicted molar refractivity (Wildman–Crippen MR) is 83.2 cm³/mol. The lowest BCUT2D eigenvalue weighted by Gasteiger charge is -2.32. The van der Waals surface area contributed by atoms with Gasteiger partial charge in [-0.2, -0.15) is 0 Å². The second-order valence-corrected chi connectivity index (χ2v) is 5.34. The Balaban J connectivity index is 0.00000162. The van der Waals surface area contributed by atoms with Crippen LogP contribution in [0, 0.1) is 0 Å². The highest BCUT2D eigenvalue weighted by Gasteiger charge is 2.32. The summed E-state index contributed by atoms with van der Waals surface area (Å²) >= 11 is 0. The second kappa shape index (κ2) is 9.01. The van der Waals surface area contributed by atoms with Crippen molar-refractivity contribution in [3.63, 3.8) is 0 Å².